The van der Waals surface area contributed by atoms with E-state index in [1.807, 2.05) is 25.1 Å². The van der Waals surface area contributed by atoms with Crippen molar-refractivity contribution in [3.8, 4) is 0 Å². The van der Waals surface area contributed by atoms with Gasteiger partial charge >= 0.3 is 12.0 Å². The number of hydrogen-bond donors (Lipinski definition) is 2. The van der Waals surface area contributed by atoms with Crippen molar-refractivity contribution < 1.29 is 14.7 Å². The van der Waals surface area contributed by atoms with Gasteiger partial charge in [0.1, 0.15) is 0 Å². The Morgan fingerprint density at radius 3 is 2.52 bits per heavy atom. The minimum Gasteiger partial charge on any atom is -0.481 e. The van der Waals surface area contributed by atoms with Crippen LogP contribution in [-0.4, -0.2) is 59.6 Å². The minimum atomic E-state index is -0.817. The van der Waals surface area contributed by atoms with E-state index in [9.17, 15) is 14.7 Å². The number of nitrogens with zero attached hydrogens (tertiary/aromatic N) is 2. The minimum absolute atomic E-state index is 0.00622. The molecular formula is C21H33N3O3. The second-order valence-electron chi connectivity index (χ2n) is 8.26. The van der Waals surface area contributed by atoms with Gasteiger partial charge < -0.3 is 20.2 Å². The molecule has 0 aliphatic carbocycles. The first kappa shape index (κ1) is 21.2. The average Bonchev–Trinajstić information content (AvgIpc) is 2.61. The molecule has 2 rings (SSSR count). The SMILES string of the molecule is CC1CC(C(=O)O)CN(C(=O)NC(CN(C)Cc2ccccc2)C(C)C)C1. The predicted molar refractivity (Wildman–Crippen MR) is 106 cm³/mol. The first-order valence-corrected chi connectivity index (χ1v) is 9.77. The fourth-order valence-electron chi connectivity index (χ4n) is 3.66. The van der Waals surface area contributed by atoms with Crippen LogP contribution >= 0.6 is 0 Å². The van der Waals surface area contributed by atoms with Crippen LogP contribution < -0.4 is 5.32 Å². The Labute approximate surface area is 162 Å². The van der Waals surface area contributed by atoms with Crippen LogP contribution in [0.15, 0.2) is 30.3 Å². The zero-order valence-corrected chi connectivity index (χ0v) is 16.9. The summed E-state index contributed by atoms with van der Waals surface area (Å²) >= 11 is 0. The lowest BCUT2D eigenvalue weighted by Crippen LogP contribution is -2.54. The van der Waals surface area contributed by atoms with Crippen LogP contribution in [0, 0.1) is 17.8 Å². The normalized spacial score (nSPS) is 21.3. The molecule has 6 heteroatoms. The third-order valence-corrected chi connectivity index (χ3v) is 5.21. The Bertz CT molecular complexity index is 620. The van der Waals surface area contributed by atoms with E-state index >= 15 is 0 Å². The van der Waals surface area contributed by atoms with Crippen LogP contribution in [-0.2, 0) is 11.3 Å². The van der Waals surface area contributed by atoms with Crippen LogP contribution in [0.1, 0.15) is 32.8 Å². The van der Waals surface area contributed by atoms with E-state index < -0.39 is 11.9 Å². The molecule has 3 unspecified atom stereocenters. The number of carboxylic acid groups (broad SMARTS) is 1. The van der Waals surface area contributed by atoms with Gasteiger partial charge in [-0.15, -0.1) is 0 Å². The number of carboxylic acids is 1. The number of likely N-dealkylation sites (N-methyl/N-ethyl adjacent to an activating group) is 1. The van der Waals surface area contributed by atoms with Crippen molar-refractivity contribution in [2.45, 2.75) is 39.8 Å². The summed E-state index contributed by atoms with van der Waals surface area (Å²) in [6, 6.07) is 10.1. The number of amides is 2. The van der Waals surface area contributed by atoms with Gasteiger partial charge in [0, 0.05) is 32.2 Å². The van der Waals surface area contributed by atoms with Gasteiger partial charge in [0.2, 0.25) is 0 Å². The van der Waals surface area contributed by atoms with Gasteiger partial charge in [0.05, 0.1) is 5.92 Å². The third kappa shape index (κ3) is 6.54. The molecule has 6 nitrogen and oxygen atoms in total. The lowest BCUT2D eigenvalue weighted by molar-refractivity contribution is -0.143. The Morgan fingerprint density at radius 1 is 1.26 bits per heavy atom. The van der Waals surface area contributed by atoms with Crippen molar-refractivity contribution in [2.75, 3.05) is 26.7 Å². The first-order valence-electron chi connectivity index (χ1n) is 9.77. The van der Waals surface area contributed by atoms with Gasteiger partial charge in [-0.05, 0) is 30.9 Å². The van der Waals surface area contributed by atoms with Gasteiger partial charge in [-0.2, -0.15) is 0 Å². The highest BCUT2D eigenvalue weighted by Gasteiger charge is 2.32. The molecule has 27 heavy (non-hydrogen) atoms. The molecule has 0 aromatic heterocycles. The highest BCUT2D eigenvalue weighted by Crippen LogP contribution is 2.22. The molecule has 0 saturated carbocycles. The lowest BCUT2D eigenvalue weighted by Gasteiger charge is -2.36. The van der Waals surface area contributed by atoms with E-state index in [1.54, 1.807) is 4.90 Å². The smallest absolute Gasteiger partial charge is 0.317 e. The molecular weight excluding hydrogens is 342 g/mol. The zero-order chi connectivity index (χ0) is 20.0. The number of benzene rings is 1. The summed E-state index contributed by atoms with van der Waals surface area (Å²) in [7, 11) is 2.05. The van der Waals surface area contributed by atoms with Crippen LogP contribution in [0.2, 0.25) is 0 Å². The summed E-state index contributed by atoms with van der Waals surface area (Å²) in [4.78, 5) is 28.0. The van der Waals surface area contributed by atoms with Gasteiger partial charge in [-0.3, -0.25) is 4.79 Å². The number of rotatable bonds is 7. The second-order valence-corrected chi connectivity index (χ2v) is 8.26. The van der Waals surface area contributed by atoms with Crippen molar-refractivity contribution >= 4 is 12.0 Å². The highest BCUT2D eigenvalue weighted by molar-refractivity contribution is 5.77. The van der Waals surface area contributed by atoms with E-state index in [0.29, 0.717) is 13.0 Å². The van der Waals surface area contributed by atoms with Crippen LogP contribution in [0.5, 0.6) is 0 Å². The number of carbonyl (C=O) groups excluding carboxylic acids is 1. The largest absolute Gasteiger partial charge is 0.481 e. The molecule has 1 aromatic rings. The summed E-state index contributed by atoms with van der Waals surface area (Å²) in [6.07, 6.45) is 0.631. The van der Waals surface area contributed by atoms with Gasteiger partial charge in [0.25, 0.3) is 0 Å². The fourth-order valence-corrected chi connectivity index (χ4v) is 3.66. The maximum absolute atomic E-state index is 12.8. The van der Waals surface area contributed by atoms with Crippen LogP contribution in [0.4, 0.5) is 4.79 Å². The summed E-state index contributed by atoms with van der Waals surface area (Å²) in [5.74, 6) is -0.811. The number of hydrogen-bond acceptors (Lipinski definition) is 3. The van der Waals surface area contributed by atoms with Gasteiger partial charge in [-0.25, -0.2) is 4.79 Å². The molecule has 1 heterocycles. The number of likely N-dealkylation sites (tertiary alicyclic amines) is 1. The molecule has 2 amide bonds. The molecule has 0 spiro atoms. The van der Waals surface area contributed by atoms with Crippen molar-refractivity contribution in [2.24, 2.45) is 17.8 Å². The number of urea groups is 1. The van der Waals surface area contributed by atoms with Gasteiger partial charge in [-0.1, -0.05) is 51.1 Å². The zero-order valence-electron chi connectivity index (χ0n) is 16.9. The maximum Gasteiger partial charge on any atom is 0.317 e. The molecule has 1 aliphatic heterocycles. The molecule has 0 bridgehead atoms. The van der Waals surface area contributed by atoms with Crippen molar-refractivity contribution in [1.29, 1.82) is 0 Å². The number of nitrogens with one attached hydrogen (secondary N) is 1. The fraction of sp³-hybridized carbons (Fsp3) is 0.619. The summed E-state index contributed by atoms with van der Waals surface area (Å²) in [5, 5.41) is 12.5. The Morgan fingerprint density at radius 2 is 1.93 bits per heavy atom. The number of piperidine rings is 1. The van der Waals surface area contributed by atoms with E-state index in [1.165, 1.54) is 5.56 Å². The summed E-state index contributed by atoms with van der Waals surface area (Å²) in [5.41, 5.74) is 1.24. The Balaban J connectivity index is 1.94. The lowest BCUT2D eigenvalue weighted by atomic mass is 9.91. The Hall–Kier alpha value is -2.08. The van der Waals surface area contributed by atoms with Crippen molar-refractivity contribution in [3.05, 3.63) is 35.9 Å². The topological polar surface area (TPSA) is 72.9 Å². The quantitative estimate of drug-likeness (QED) is 0.769. The third-order valence-electron chi connectivity index (χ3n) is 5.21. The van der Waals surface area contributed by atoms with Gasteiger partial charge in [0.15, 0.2) is 0 Å². The molecule has 1 fully saturated rings. The van der Waals surface area contributed by atoms with Crippen LogP contribution in [0.25, 0.3) is 0 Å². The van der Waals surface area contributed by atoms with Crippen LogP contribution in [0.3, 0.4) is 0 Å². The molecule has 2 N–H and O–H groups in total. The highest BCUT2D eigenvalue weighted by atomic mass is 16.4. The molecule has 1 saturated heterocycles. The molecule has 150 valence electrons. The van der Waals surface area contributed by atoms with E-state index in [4.69, 9.17) is 0 Å². The summed E-state index contributed by atoms with van der Waals surface area (Å²) < 4.78 is 0. The monoisotopic (exact) mass is 375 g/mol. The number of aliphatic carboxylic acids is 1. The second kappa shape index (κ2) is 9.74. The van der Waals surface area contributed by atoms with Crippen molar-refractivity contribution in [1.82, 2.24) is 15.1 Å². The molecule has 1 aromatic carbocycles. The maximum atomic E-state index is 12.8. The number of carbonyl (C=O) groups is 2. The van der Waals surface area contributed by atoms with E-state index in [0.717, 1.165) is 13.1 Å². The van der Waals surface area contributed by atoms with E-state index in [-0.39, 0.29) is 30.5 Å². The Kier molecular flexibility index (Phi) is 7.66. The van der Waals surface area contributed by atoms with E-state index in [2.05, 4.69) is 43.2 Å². The first-order chi connectivity index (χ1) is 12.8. The molecule has 1 aliphatic rings. The van der Waals surface area contributed by atoms with Crippen molar-refractivity contribution in [3.63, 3.8) is 0 Å². The predicted octanol–water partition coefficient (Wildman–Crippen LogP) is 2.90. The molecule has 0 radical (unpaired) electrons. The average molecular weight is 376 g/mol. The molecule has 3 atom stereocenters. The summed E-state index contributed by atoms with van der Waals surface area (Å²) in [6.45, 7) is 8.66. The standard InChI is InChI=1S/C21H33N3O3/c1-15(2)19(14-23(4)12-17-8-6-5-7-9-17)22-21(27)24-11-16(3)10-18(13-24)20(25)26/h5-9,15-16,18-19H,10-14H2,1-4H3,(H,22,27)(H,25,26).